The van der Waals surface area contributed by atoms with Crippen molar-refractivity contribution in [1.82, 2.24) is 0 Å². The van der Waals surface area contributed by atoms with Gasteiger partial charge in [-0.25, -0.2) is 4.39 Å². The van der Waals surface area contributed by atoms with Gasteiger partial charge < -0.3 is 14.7 Å². The topological polar surface area (TPSA) is 32.7 Å². The first-order chi connectivity index (χ1) is 8.43. The highest BCUT2D eigenvalue weighted by molar-refractivity contribution is 5.54. The van der Waals surface area contributed by atoms with Crippen LogP contribution in [0.5, 0.6) is 0 Å². The van der Waals surface area contributed by atoms with Crippen LogP contribution in [-0.2, 0) is 11.3 Å². The molecule has 100 valence electrons. The monoisotopic (exact) mass is 253 g/mol. The number of anilines is 1. The molecule has 1 N–H and O–H groups in total. The SMILES string of the molecule is CC1CN(c2cccc(F)c2CO)CC(C)(C)O1. The minimum Gasteiger partial charge on any atom is -0.391 e. The number of hydrogen-bond acceptors (Lipinski definition) is 3. The molecule has 3 nitrogen and oxygen atoms in total. The molecule has 1 aliphatic rings. The summed E-state index contributed by atoms with van der Waals surface area (Å²) in [4.78, 5) is 2.09. The molecule has 1 aromatic rings. The van der Waals surface area contributed by atoms with E-state index in [0.717, 1.165) is 5.69 Å². The van der Waals surface area contributed by atoms with E-state index in [9.17, 15) is 9.50 Å². The number of halogens is 1. The van der Waals surface area contributed by atoms with Crippen LogP contribution in [0.1, 0.15) is 26.3 Å². The van der Waals surface area contributed by atoms with E-state index in [4.69, 9.17) is 4.74 Å². The molecular formula is C14H20FNO2. The molecule has 0 amide bonds. The Morgan fingerprint density at radius 2 is 2.22 bits per heavy atom. The number of nitrogens with zero attached hydrogens (tertiary/aromatic N) is 1. The van der Waals surface area contributed by atoms with Gasteiger partial charge in [0.2, 0.25) is 0 Å². The fourth-order valence-electron chi connectivity index (χ4n) is 2.64. The van der Waals surface area contributed by atoms with Gasteiger partial charge in [-0.05, 0) is 32.9 Å². The Balaban J connectivity index is 2.34. The van der Waals surface area contributed by atoms with Gasteiger partial charge in [-0.1, -0.05) is 6.07 Å². The Morgan fingerprint density at radius 1 is 1.50 bits per heavy atom. The van der Waals surface area contributed by atoms with E-state index in [0.29, 0.717) is 18.7 Å². The number of rotatable bonds is 2. The number of aliphatic hydroxyl groups excluding tert-OH is 1. The molecule has 1 heterocycles. The average Bonchev–Trinajstić information content (AvgIpc) is 2.25. The molecule has 1 unspecified atom stereocenters. The molecule has 1 fully saturated rings. The highest BCUT2D eigenvalue weighted by Crippen LogP contribution is 2.29. The smallest absolute Gasteiger partial charge is 0.130 e. The van der Waals surface area contributed by atoms with E-state index in [1.54, 1.807) is 6.07 Å². The molecule has 1 saturated heterocycles. The Kier molecular flexibility index (Phi) is 3.59. The molecule has 0 saturated carbocycles. The van der Waals surface area contributed by atoms with Gasteiger partial charge in [0.15, 0.2) is 0 Å². The summed E-state index contributed by atoms with van der Waals surface area (Å²) in [5.41, 5.74) is 0.861. The predicted octanol–water partition coefficient (Wildman–Crippen LogP) is 2.32. The van der Waals surface area contributed by atoms with Crippen molar-refractivity contribution in [3.05, 3.63) is 29.6 Å². The molecule has 0 spiro atoms. The van der Waals surface area contributed by atoms with Crippen molar-refractivity contribution < 1.29 is 14.2 Å². The third kappa shape index (κ3) is 2.65. The van der Waals surface area contributed by atoms with Gasteiger partial charge in [0, 0.05) is 24.3 Å². The second-order valence-corrected chi connectivity index (χ2v) is 5.46. The molecule has 0 aromatic heterocycles. The fraction of sp³-hybridized carbons (Fsp3) is 0.571. The van der Waals surface area contributed by atoms with Crippen molar-refractivity contribution in [2.24, 2.45) is 0 Å². The van der Waals surface area contributed by atoms with Crippen LogP contribution in [0.2, 0.25) is 0 Å². The maximum atomic E-state index is 13.7. The molecule has 1 aromatic carbocycles. The second-order valence-electron chi connectivity index (χ2n) is 5.46. The van der Waals surface area contributed by atoms with Gasteiger partial charge in [0.05, 0.1) is 18.3 Å². The Morgan fingerprint density at radius 3 is 2.83 bits per heavy atom. The fourth-order valence-corrected chi connectivity index (χ4v) is 2.64. The maximum absolute atomic E-state index is 13.7. The van der Waals surface area contributed by atoms with E-state index >= 15 is 0 Å². The number of hydrogen-bond donors (Lipinski definition) is 1. The first-order valence-corrected chi connectivity index (χ1v) is 6.24. The summed E-state index contributed by atoms with van der Waals surface area (Å²) in [6.45, 7) is 7.16. The molecule has 0 bridgehead atoms. The first-order valence-electron chi connectivity index (χ1n) is 6.24. The van der Waals surface area contributed by atoms with E-state index in [-0.39, 0.29) is 24.1 Å². The third-order valence-electron chi connectivity index (χ3n) is 3.16. The zero-order valence-corrected chi connectivity index (χ0v) is 11.1. The summed E-state index contributed by atoms with van der Waals surface area (Å²) in [5, 5.41) is 9.33. The lowest BCUT2D eigenvalue weighted by Crippen LogP contribution is -2.52. The maximum Gasteiger partial charge on any atom is 0.130 e. The van der Waals surface area contributed by atoms with Crippen LogP contribution in [-0.4, -0.2) is 29.9 Å². The van der Waals surface area contributed by atoms with Crippen molar-refractivity contribution >= 4 is 5.69 Å². The summed E-state index contributed by atoms with van der Waals surface area (Å²) in [6.07, 6.45) is 0.0866. The van der Waals surface area contributed by atoms with Crippen LogP contribution < -0.4 is 4.90 Å². The van der Waals surface area contributed by atoms with Crippen molar-refractivity contribution in [3.63, 3.8) is 0 Å². The van der Waals surface area contributed by atoms with Crippen molar-refractivity contribution in [2.45, 2.75) is 39.1 Å². The van der Waals surface area contributed by atoms with Gasteiger partial charge in [0.1, 0.15) is 5.82 Å². The van der Waals surface area contributed by atoms with Crippen molar-refractivity contribution in [2.75, 3.05) is 18.0 Å². The van der Waals surface area contributed by atoms with E-state index < -0.39 is 0 Å². The Bertz CT molecular complexity index is 434. The first kappa shape index (κ1) is 13.3. The number of aliphatic hydroxyl groups is 1. The predicted molar refractivity (Wildman–Crippen MR) is 69.2 cm³/mol. The van der Waals surface area contributed by atoms with Crippen molar-refractivity contribution in [3.8, 4) is 0 Å². The molecule has 0 aliphatic carbocycles. The Hall–Kier alpha value is -1.13. The van der Waals surface area contributed by atoms with Crippen LogP contribution >= 0.6 is 0 Å². The summed E-state index contributed by atoms with van der Waals surface area (Å²) in [7, 11) is 0. The van der Waals surface area contributed by atoms with Gasteiger partial charge in [0.25, 0.3) is 0 Å². The molecule has 1 atom stereocenters. The average molecular weight is 253 g/mol. The highest BCUT2D eigenvalue weighted by atomic mass is 19.1. The second kappa shape index (κ2) is 4.86. The molecule has 0 radical (unpaired) electrons. The quantitative estimate of drug-likeness (QED) is 0.878. The van der Waals surface area contributed by atoms with Crippen LogP contribution in [0, 0.1) is 5.82 Å². The van der Waals surface area contributed by atoms with Gasteiger partial charge in [-0.3, -0.25) is 0 Å². The van der Waals surface area contributed by atoms with Crippen molar-refractivity contribution in [1.29, 1.82) is 0 Å². The Labute approximate surface area is 107 Å². The lowest BCUT2D eigenvalue weighted by molar-refractivity contribution is -0.0750. The number of morpholine rings is 1. The largest absolute Gasteiger partial charge is 0.391 e. The molecule has 18 heavy (non-hydrogen) atoms. The third-order valence-corrected chi connectivity index (χ3v) is 3.16. The zero-order valence-electron chi connectivity index (χ0n) is 11.1. The molecule has 1 aliphatic heterocycles. The normalized spacial score (nSPS) is 23.2. The number of ether oxygens (including phenoxy) is 1. The van der Waals surface area contributed by atoms with Crippen LogP contribution in [0.15, 0.2) is 18.2 Å². The van der Waals surface area contributed by atoms with Crippen LogP contribution in [0.3, 0.4) is 0 Å². The van der Waals surface area contributed by atoms with E-state index in [2.05, 4.69) is 4.90 Å². The summed E-state index contributed by atoms with van der Waals surface area (Å²) >= 11 is 0. The van der Waals surface area contributed by atoms with E-state index in [1.165, 1.54) is 6.07 Å². The van der Waals surface area contributed by atoms with Gasteiger partial charge in [-0.2, -0.15) is 0 Å². The molecule has 4 heteroatoms. The molecular weight excluding hydrogens is 233 g/mol. The highest BCUT2D eigenvalue weighted by Gasteiger charge is 2.32. The number of benzene rings is 1. The summed E-state index contributed by atoms with van der Waals surface area (Å²) in [6, 6.07) is 4.91. The minimum absolute atomic E-state index is 0.0866. The lowest BCUT2D eigenvalue weighted by Gasteiger charge is -2.43. The summed E-state index contributed by atoms with van der Waals surface area (Å²) in [5.74, 6) is -0.355. The standard InChI is InChI=1S/C14H20FNO2/c1-10-7-16(9-14(2,3)18-10)13-6-4-5-12(15)11(13)8-17/h4-6,10,17H,7-9H2,1-3H3. The van der Waals surface area contributed by atoms with Crippen LogP contribution in [0.4, 0.5) is 10.1 Å². The lowest BCUT2D eigenvalue weighted by atomic mass is 10.0. The van der Waals surface area contributed by atoms with Gasteiger partial charge in [-0.15, -0.1) is 0 Å². The minimum atomic E-state index is -0.355. The van der Waals surface area contributed by atoms with E-state index in [1.807, 2.05) is 26.8 Å². The van der Waals surface area contributed by atoms with Crippen LogP contribution in [0.25, 0.3) is 0 Å². The molecule has 2 rings (SSSR count). The van der Waals surface area contributed by atoms with Gasteiger partial charge >= 0.3 is 0 Å². The zero-order chi connectivity index (χ0) is 13.3. The summed E-state index contributed by atoms with van der Waals surface area (Å²) < 4.78 is 19.5.